The van der Waals surface area contributed by atoms with Gasteiger partial charge in [0.05, 0.1) is 12.0 Å². The number of hydrogen-bond acceptors (Lipinski definition) is 5. The number of hydrazine groups is 1. The third kappa shape index (κ3) is 3.97. The van der Waals surface area contributed by atoms with Gasteiger partial charge in [-0.05, 0) is 79.2 Å². The van der Waals surface area contributed by atoms with E-state index in [2.05, 4.69) is 26.3 Å². The zero-order valence-corrected chi connectivity index (χ0v) is 19.0. The lowest BCUT2D eigenvalue weighted by molar-refractivity contribution is -0.147. The summed E-state index contributed by atoms with van der Waals surface area (Å²) in [4.78, 5) is 27.2. The predicted octanol–water partition coefficient (Wildman–Crippen LogP) is 3.37. The Balaban J connectivity index is 1.05. The fourth-order valence-electron chi connectivity index (χ4n) is 6.64. The van der Waals surface area contributed by atoms with E-state index in [-0.39, 0.29) is 17.2 Å². The van der Waals surface area contributed by atoms with Crippen LogP contribution in [0.3, 0.4) is 0 Å². The highest BCUT2D eigenvalue weighted by Gasteiger charge is 2.54. The molecule has 0 atom stereocenters. The Morgan fingerprint density at radius 1 is 0.882 bits per heavy atom. The molecule has 0 spiro atoms. The Hall–Kier alpha value is -3.55. The molecule has 0 aliphatic heterocycles. The molecule has 0 saturated heterocycles. The maximum absolute atomic E-state index is 13.0. The van der Waals surface area contributed by atoms with Gasteiger partial charge < -0.3 is 0 Å². The minimum atomic E-state index is -0.310. The first kappa shape index (κ1) is 21.0. The highest BCUT2D eigenvalue weighted by atomic mass is 16.2. The van der Waals surface area contributed by atoms with Crippen molar-refractivity contribution in [3.63, 3.8) is 0 Å². The zero-order chi connectivity index (χ0) is 23.1. The van der Waals surface area contributed by atoms with Gasteiger partial charge in [-0.2, -0.15) is 4.80 Å². The van der Waals surface area contributed by atoms with E-state index in [1.54, 1.807) is 12.1 Å². The van der Waals surface area contributed by atoms with E-state index < -0.39 is 0 Å². The minimum absolute atomic E-state index is 0.0111. The summed E-state index contributed by atoms with van der Waals surface area (Å²) in [6.45, 7) is 0.449. The van der Waals surface area contributed by atoms with E-state index in [9.17, 15) is 9.59 Å². The van der Waals surface area contributed by atoms with Crippen LogP contribution >= 0.6 is 0 Å². The maximum atomic E-state index is 13.0. The van der Waals surface area contributed by atoms with Crippen molar-refractivity contribution < 1.29 is 9.59 Å². The van der Waals surface area contributed by atoms with Gasteiger partial charge in [0.2, 0.25) is 11.7 Å². The molecule has 174 valence electrons. The van der Waals surface area contributed by atoms with E-state index in [4.69, 9.17) is 0 Å². The molecule has 3 aromatic rings. The Labute approximate surface area is 198 Å². The van der Waals surface area contributed by atoms with Gasteiger partial charge in [-0.1, -0.05) is 42.5 Å². The lowest BCUT2D eigenvalue weighted by Crippen LogP contribution is -2.56. The van der Waals surface area contributed by atoms with Crippen LogP contribution in [0.15, 0.2) is 54.6 Å². The summed E-state index contributed by atoms with van der Waals surface area (Å²) < 4.78 is 0. The molecule has 0 unspecified atom stereocenters. The number of tetrazole rings is 1. The lowest BCUT2D eigenvalue weighted by atomic mass is 9.49. The van der Waals surface area contributed by atoms with E-state index in [0.717, 1.165) is 30.4 Å². The second kappa shape index (κ2) is 8.34. The highest BCUT2D eigenvalue weighted by Crippen LogP contribution is 2.60. The molecule has 4 aliphatic rings. The molecule has 2 aromatic carbocycles. The van der Waals surface area contributed by atoms with E-state index in [1.165, 1.54) is 24.1 Å². The maximum Gasteiger partial charge on any atom is 0.269 e. The summed E-state index contributed by atoms with van der Waals surface area (Å²) in [5.74, 6) is 2.31. The van der Waals surface area contributed by atoms with Gasteiger partial charge in [0.1, 0.15) is 0 Å². The molecular formula is C26H28N6O2. The minimum Gasteiger partial charge on any atom is -0.273 e. The highest BCUT2D eigenvalue weighted by molar-refractivity contribution is 5.96. The fourth-order valence-corrected chi connectivity index (χ4v) is 6.64. The standard InChI is InChI=1S/C26H28N6O2/c33-24(28-29-25(34)26-13-18-10-19(14-26)12-20(11-18)15-26)22-8-6-17(7-9-22)16-32-30-23(27-31-32)21-4-2-1-3-5-21/h1-9,18-20H,10-16H2,(H,28,33)(H,29,34). The second-order valence-corrected chi connectivity index (χ2v) is 10.3. The van der Waals surface area contributed by atoms with Gasteiger partial charge in [0, 0.05) is 11.1 Å². The van der Waals surface area contributed by atoms with Crippen LogP contribution in [0.5, 0.6) is 0 Å². The lowest BCUT2D eigenvalue weighted by Gasteiger charge is -2.55. The first-order chi connectivity index (χ1) is 16.6. The number of aromatic nitrogens is 4. The number of carbonyl (C=O) groups is 2. The van der Waals surface area contributed by atoms with Gasteiger partial charge in [-0.15, -0.1) is 10.2 Å². The van der Waals surface area contributed by atoms with Crippen LogP contribution in [-0.2, 0) is 11.3 Å². The number of nitrogens with zero attached hydrogens (tertiary/aromatic N) is 4. The van der Waals surface area contributed by atoms with Gasteiger partial charge in [0.25, 0.3) is 5.91 Å². The molecule has 4 saturated carbocycles. The smallest absolute Gasteiger partial charge is 0.269 e. The third-order valence-corrected chi connectivity index (χ3v) is 7.83. The van der Waals surface area contributed by atoms with Crippen molar-refractivity contribution >= 4 is 11.8 Å². The van der Waals surface area contributed by atoms with Crippen LogP contribution in [0.25, 0.3) is 11.4 Å². The summed E-state index contributed by atoms with van der Waals surface area (Å²) in [7, 11) is 0. The Bertz CT molecular complexity index is 1170. The largest absolute Gasteiger partial charge is 0.273 e. The first-order valence-corrected chi connectivity index (χ1v) is 12.1. The van der Waals surface area contributed by atoms with Crippen LogP contribution in [0.2, 0.25) is 0 Å². The zero-order valence-electron chi connectivity index (χ0n) is 19.0. The Morgan fingerprint density at radius 2 is 1.53 bits per heavy atom. The topological polar surface area (TPSA) is 102 Å². The number of benzene rings is 2. The van der Waals surface area contributed by atoms with Gasteiger partial charge in [-0.25, -0.2) is 0 Å². The average molecular weight is 457 g/mol. The van der Waals surface area contributed by atoms with Crippen LogP contribution < -0.4 is 10.9 Å². The molecular weight excluding hydrogens is 428 g/mol. The molecule has 4 bridgehead atoms. The molecule has 2 N–H and O–H groups in total. The molecule has 2 amide bonds. The SMILES string of the molecule is O=C(NNC(=O)C12CC3CC(CC(C3)C1)C2)c1ccc(Cn2nnc(-c3ccccc3)n2)cc1. The molecule has 4 fully saturated rings. The third-order valence-electron chi connectivity index (χ3n) is 7.83. The quantitative estimate of drug-likeness (QED) is 0.573. The van der Waals surface area contributed by atoms with Crippen molar-refractivity contribution in [3.8, 4) is 11.4 Å². The van der Waals surface area contributed by atoms with Crippen molar-refractivity contribution in [2.45, 2.75) is 45.1 Å². The van der Waals surface area contributed by atoms with Crippen LogP contribution in [0.4, 0.5) is 0 Å². The van der Waals surface area contributed by atoms with Crippen molar-refractivity contribution in [3.05, 3.63) is 65.7 Å². The number of hydrogen-bond donors (Lipinski definition) is 2. The molecule has 0 radical (unpaired) electrons. The summed E-state index contributed by atoms with van der Waals surface area (Å²) in [6, 6.07) is 16.9. The second-order valence-electron chi connectivity index (χ2n) is 10.3. The summed E-state index contributed by atoms with van der Waals surface area (Å²) in [6.07, 6.45) is 6.75. The normalized spacial score (nSPS) is 26.9. The van der Waals surface area contributed by atoms with Crippen LogP contribution in [0, 0.1) is 23.2 Å². The number of amides is 2. The molecule has 8 heteroatoms. The molecule has 8 nitrogen and oxygen atoms in total. The molecule has 1 aromatic heterocycles. The predicted molar refractivity (Wildman–Crippen MR) is 125 cm³/mol. The summed E-state index contributed by atoms with van der Waals surface area (Å²) >= 11 is 0. The molecule has 1 heterocycles. The molecule has 7 rings (SSSR count). The van der Waals surface area contributed by atoms with E-state index in [1.807, 2.05) is 42.5 Å². The van der Waals surface area contributed by atoms with E-state index >= 15 is 0 Å². The van der Waals surface area contributed by atoms with Gasteiger partial charge in [0.15, 0.2) is 0 Å². The Morgan fingerprint density at radius 3 is 2.18 bits per heavy atom. The number of rotatable bonds is 5. The monoisotopic (exact) mass is 456 g/mol. The van der Waals surface area contributed by atoms with Crippen LogP contribution in [0.1, 0.15) is 54.4 Å². The number of nitrogens with one attached hydrogen (secondary N) is 2. The van der Waals surface area contributed by atoms with Gasteiger partial charge in [-0.3, -0.25) is 20.4 Å². The van der Waals surface area contributed by atoms with Crippen molar-refractivity contribution in [2.75, 3.05) is 0 Å². The number of carbonyl (C=O) groups excluding carboxylic acids is 2. The first-order valence-electron chi connectivity index (χ1n) is 12.1. The molecule has 34 heavy (non-hydrogen) atoms. The Kier molecular flexibility index (Phi) is 5.16. The fraction of sp³-hybridized carbons (Fsp3) is 0.423. The van der Waals surface area contributed by atoms with Gasteiger partial charge >= 0.3 is 0 Å². The van der Waals surface area contributed by atoms with Crippen molar-refractivity contribution in [2.24, 2.45) is 23.2 Å². The summed E-state index contributed by atoms with van der Waals surface area (Å²) in [5, 5.41) is 12.7. The van der Waals surface area contributed by atoms with Crippen molar-refractivity contribution in [1.82, 2.24) is 31.1 Å². The van der Waals surface area contributed by atoms with E-state index in [0.29, 0.717) is 35.7 Å². The summed E-state index contributed by atoms with van der Waals surface area (Å²) in [5.41, 5.74) is 7.45. The molecule has 4 aliphatic carbocycles. The average Bonchev–Trinajstić information content (AvgIpc) is 3.31. The van der Waals surface area contributed by atoms with Crippen LogP contribution in [-0.4, -0.2) is 32.0 Å². The van der Waals surface area contributed by atoms with Crippen molar-refractivity contribution in [1.29, 1.82) is 0 Å².